The lowest BCUT2D eigenvalue weighted by Crippen LogP contribution is -2.12. The van der Waals surface area contributed by atoms with Crippen LogP contribution in [0.2, 0.25) is 0 Å². The molecule has 2 aromatic rings. The first-order chi connectivity index (χ1) is 9.27. The molecule has 1 aromatic carbocycles. The number of nitrogens with one attached hydrogen (secondary N) is 1. The number of benzene rings is 1. The molecule has 1 N–H and O–H groups in total. The number of carbonyl (C=O) groups excluding carboxylic acids is 1. The van der Waals surface area contributed by atoms with Crippen LogP contribution < -0.4 is 5.32 Å². The van der Waals surface area contributed by atoms with Gasteiger partial charge in [0.15, 0.2) is 0 Å². The number of rotatable bonds is 2. The third-order valence-corrected chi connectivity index (χ3v) is 3.60. The topological polar surface area (TPSA) is 54.9 Å². The number of anilines is 1. The molecule has 2 rings (SSSR count). The number of nitrogens with zero attached hydrogens (tertiary/aromatic N) is 2. The van der Waals surface area contributed by atoms with E-state index in [0.29, 0.717) is 0 Å². The summed E-state index contributed by atoms with van der Waals surface area (Å²) in [5.74, 6) is -1.27. The molecule has 106 valence electrons. The molecule has 0 aliphatic heterocycles. The molecule has 0 atom stereocenters. The van der Waals surface area contributed by atoms with Gasteiger partial charge in [0.25, 0.3) is 5.91 Å². The molecule has 4 nitrogen and oxygen atoms in total. The van der Waals surface area contributed by atoms with Gasteiger partial charge < -0.3 is 0 Å². The van der Waals surface area contributed by atoms with Crippen molar-refractivity contribution in [3.05, 3.63) is 39.1 Å². The highest BCUT2D eigenvalue weighted by atomic mass is 79.9. The average molecular weight is 370 g/mol. The van der Waals surface area contributed by atoms with Crippen LogP contribution in [-0.4, -0.2) is 16.1 Å². The molecule has 0 saturated heterocycles. The van der Waals surface area contributed by atoms with Gasteiger partial charge in [-0.1, -0.05) is 11.3 Å². The van der Waals surface area contributed by atoms with Crippen LogP contribution >= 0.6 is 27.3 Å². The lowest BCUT2D eigenvalue weighted by Gasteiger charge is -2.03. The number of alkyl halides is 3. The first-order valence-corrected chi connectivity index (χ1v) is 6.55. The van der Waals surface area contributed by atoms with Crippen molar-refractivity contribution in [2.45, 2.75) is 6.18 Å². The molecule has 1 heterocycles. The summed E-state index contributed by atoms with van der Waals surface area (Å²) in [6.45, 7) is 0. The summed E-state index contributed by atoms with van der Waals surface area (Å²) in [5.41, 5.74) is 0.0650. The number of hydrogen-bond donors (Lipinski definition) is 1. The van der Waals surface area contributed by atoms with E-state index in [1.165, 1.54) is 6.07 Å². The SMILES string of the molecule is O=C(Nc1nnc(C(F)(F)F)s1)c1ccc(F)cc1Br. The van der Waals surface area contributed by atoms with E-state index in [1.807, 2.05) is 0 Å². The molecule has 0 saturated carbocycles. The predicted molar refractivity (Wildman–Crippen MR) is 67.0 cm³/mol. The molecule has 10 heteroatoms. The summed E-state index contributed by atoms with van der Waals surface area (Å²) in [6.07, 6.45) is -4.61. The number of halogens is 5. The van der Waals surface area contributed by atoms with Crippen LogP contribution in [0.15, 0.2) is 22.7 Å². The van der Waals surface area contributed by atoms with Crippen molar-refractivity contribution >= 4 is 38.3 Å². The fourth-order valence-electron chi connectivity index (χ4n) is 1.23. The van der Waals surface area contributed by atoms with E-state index < -0.39 is 22.9 Å². The maximum Gasteiger partial charge on any atom is 0.445 e. The summed E-state index contributed by atoms with van der Waals surface area (Å²) < 4.78 is 50.0. The predicted octanol–water partition coefficient (Wildman–Crippen LogP) is 3.71. The number of amides is 1. The molecule has 0 spiro atoms. The van der Waals surface area contributed by atoms with E-state index in [1.54, 1.807) is 0 Å². The van der Waals surface area contributed by atoms with E-state index in [0.717, 1.165) is 12.1 Å². The summed E-state index contributed by atoms with van der Waals surface area (Å²) in [6, 6.07) is 3.32. The van der Waals surface area contributed by atoms with Crippen molar-refractivity contribution in [1.29, 1.82) is 0 Å². The highest BCUT2D eigenvalue weighted by molar-refractivity contribution is 9.10. The van der Waals surface area contributed by atoms with E-state index in [2.05, 4.69) is 31.4 Å². The largest absolute Gasteiger partial charge is 0.445 e. The van der Waals surface area contributed by atoms with Crippen molar-refractivity contribution in [3.63, 3.8) is 0 Å². The van der Waals surface area contributed by atoms with E-state index in [-0.39, 0.29) is 26.5 Å². The lowest BCUT2D eigenvalue weighted by molar-refractivity contribution is -0.138. The molecule has 0 aliphatic carbocycles. The van der Waals surface area contributed by atoms with Gasteiger partial charge in [-0.2, -0.15) is 13.2 Å². The fourth-order valence-corrected chi connectivity index (χ4v) is 2.36. The molecular weight excluding hydrogens is 366 g/mol. The van der Waals surface area contributed by atoms with E-state index >= 15 is 0 Å². The minimum Gasteiger partial charge on any atom is -0.296 e. The van der Waals surface area contributed by atoms with E-state index in [9.17, 15) is 22.4 Å². The smallest absolute Gasteiger partial charge is 0.296 e. The Labute approximate surface area is 122 Å². The van der Waals surface area contributed by atoms with Gasteiger partial charge in [0, 0.05) is 4.47 Å². The van der Waals surface area contributed by atoms with Gasteiger partial charge in [-0.3, -0.25) is 10.1 Å². The second-order valence-corrected chi connectivity index (χ2v) is 5.32. The van der Waals surface area contributed by atoms with Crippen LogP contribution in [-0.2, 0) is 6.18 Å². The van der Waals surface area contributed by atoms with Crippen LogP contribution in [0.1, 0.15) is 15.4 Å². The second kappa shape index (κ2) is 5.44. The highest BCUT2D eigenvalue weighted by Gasteiger charge is 2.35. The minimum absolute atomic E-state index is 0.0650. The summed E-state index contributed by atoms with van der Waals surface area (Å²) in [7, 11) is 0. The third-order valence-electron chi connectivity index (χ3n) is 2.06. The second-order valence-electron chi connectivity index (χ2n) is 3.49. The van der Waals surface area contributed by atoms with Gasteiger partial charge in [0.05, 0.1) is 5.56 Å². The molecule has 20 heavy (non-hydrogen) atoms. The molecule has 1 aromatic heterocycles. The van der Waals surface area contributed by atoms with Crippen LogP contribution in [0.3, 0.4) is 0 Å². The molecule has 0 unspecified atom stereocenters. The molecule has 0 aliphatic rings. The van der Waals surface area contributed by atoms with Gasteiger partial charge in [0.2, 0.25) is 10.1 Å². The van der Waals surface area contributed by atoms with Gasteiger partial charge in [-0.05, 0) is 34.1 Å². The van der Waals surface area contributed by atoms with Crippen LogP contribution in [0, 0.1) is 5.82 Å². The number of hydrogen-bond acceptors (Lipinski definition) is 4. The fraction of sp³-hybridized carbons (Fsp3) is 0.100. The van der Waals surface area contributed by atoms with Gasteiger partial charge >= 0.3 is 6.18 Å². The molecule has 0 bridgehead atoms. The monoisotopic (exact) mass is 369 g/mol. The van der Waals surface area contributed by atoms with Crippen molar-refractivity contribution in [1.82, 2.24) is 10.2 Å². The Kier molecular flexibility index (Phi) is 4.04. The highest BCUT2D eigenvalue weighted by Crippen LogP contribution is 2.33. The Morgan fingerprint density at radius 3 is 2.55 bits per heavy atom. The van der Waals surface area contributed by atoms with Crippen LogP contribution in [0.5, 0.6) is 0 Å². The Morgan fingerprint density at radius 1 is 1.30 bits per heavy atom. The molecular formula is C10H4BrF4N3OS. The zero-order valence-corrected chi connectivity index (χ0v) is 11.7. The summed E-state index contributed by atoms with van der Waals surface area (Å²) in [4.78, 5) is 11.8. The minimum atomic E-state index is -4.61. The maximum atomic E-state index is 12.9. The standard InChI is InChI=1S/C10H4BrF4N3OS/c11-6-3-4(12)1-2-5(6)7(19)16-9-18-17-8(20-9)10(13,14)15/h1-3H,(H,16,18,19). The quantitative estimate of drug-likeness (QED) is 0.821. The van der Waals surface area contributed by atoms with Gasteiger partial charge in [0.1, 0.15) is 5.82 Å². The van der Waals surface area contributed by atoms with Gasteiger partial charge in [-0.15, -0.1) is 10.2 Å². The molecule has 0 fully saturated rings. The normalized spacial score (nSPS) is 11.4. The zero-order valence-electron chi connectivity index (χ0n) is 9.33. The molecule has 0 radical (unpaired) electrons. The Morgan fingerprint density at radius 2 is 2.00 bits per heavy atom. The number of carbonyl (C=O) groups is 1. The average Bonchev–Trinajstić information content (AvgIpc) is 2.76. The van der Waals surface area contributed by atoms with Crippen molar-refractivity contribution in [2.75, 3.05) is 5.32 Å². The first kappa shape index (κ1) is 14.9. The Bertz CT molecular complexity index is 658. The summed E-state index contributed by atoms with van der Waals surface area (Å²) in [5, 5.41) is 6.86. The first-order valence-electron chi connectivity index (χ1n) is 4.94. The lowest BCUT2D eigenvalue weighted by atomic mass is 10.2. The van der Waals surface area contributed by atoms with Crippen molar-refractivity contribution in [3.8, 4) is 0 Å². The van der Waals surface area contributed by atoms with E-state index in [4.69, 9.17) is 0 Å². The third kappa shape index (κ3) is 3.31. The zero-order chi connectivity index (χ0) is 14.9. The Balaban J connectivity index is 2.17. The summed E-state index contributed by atoms with van der Waals surface area (Å²) >= 11 is 3.19. The maximum absolute atomic E-state index is 12.9. The van der Waals surface area contributed by atoms with Crippen LogP contribution in [0.4, 0.5) is 22.7 Å². The number of aromatic nitrogens is 2. The van der Waals surface area contributed by atoms with Gasteiger partial charge in [-0.25, -0.2) is 4.39 Å². The van der Waals surface area contributed by atoms with Crippen LogP contribution in [0.25, 0.3) is 0 Å². The molecule has 1 amide bonds. The van der Waals surface area contributed by atoms with Crippen molar-refractivity contribution < 1.29 is 22.4 Å². The Hall–Kier alpha value is -1.55. The van der Waals surface area contributed by atoms with Crippen molar-refractivity contribution in [2.24, 2.45) is 0 Å².